The molecule has 2 heterocycles. The van der Waals surface area contributed by atoms with Crippen molar-refractivity contribution in [3.8, 4) is 0 Å². The second kappa shape index (κ2) is 9.03. The highest BCUT2D eigenvalue weighted by molar-refractivity contribution is 8.01. The van der Waals surface area contributed by atoms with E-state index in [2.05, 4.69) is 10.6 Å². The lowest BCUT2D eigenvalue weighted by Crippen LogP contribution is -2.58. The minimum absolute atomic E-state index is 0.126. The van der Waals surface area contributed by atoms with E-state index in [9.17, 15) is 14.4 Å². The molecular weight excluding hydrogens is 458 g/mol. The number of fused-ring (bicyclic) bond motifs is 3. The first-order chi connectivity index (χ1) is 15.6. The Hall–Kier alpha value is -2.51. The van der Waals surface area contributed by atoms with E-state index in [0.717, 1.165) is 11.1 Å². The van der Waals surface area contributed by atoms with Gasteiger partial charge in [-0.2, -0.15) is 0 Å². The highest BCUT2D eigenvalue weighted by Crippen LogP contribution is 2.56. The molecule has 3 atom stereocenters. The van der Waals surface area contributed by atoms with E-state index < -0.39 is 16.8 Å². The largest absolute Gasteiger partial charge is 0.350 e. The Bertz CT molecular complexity index is 1090. The molecule has 174 valence electrons. The Morgan fingerprint density at radius 2 is 1.79 bits per heavy atom. The lowest BCUT2D eigenvalue weighted by Gasteiger charge is -2.32. The zero-order chi connectivity index (χ0) is 23.9. The topological polar surface area (TPSA) is 78.5 Å². The average Bonchev–Trinajstić information content (AvgIpc) is 3.20. The number of thioether (sulfide) groups is 1. The highest BCUT2D eigenvalue weighted by Gasteiger charge is 2.57. The maximum Gasteiger partial charge on any atom is 0.256 e. The van der Waals surface area contributed by atoms with Crippen LogP contribution < -0.4 is 10.6 Å². The van der Waals surface area contributed by atoms with Crippen LogP contribution >= 0.6 is 23.4 Å². The summed E-state index contributed by atoms with van der Waals surface area (Å²) >= 11 is 7.53. The molecule has 2 aromatic rings. The molecule has 2 aliphatic heterocycles. The number of hydrogen-bond acceptors (Lipinski definition) is 4. The predicted octanol–water partition coefficient (Wildman–Crippen LogP) is 4.15. The fraction of sp³-hybridized carbons (Fsp3) is 0.400. The van der Waals surface area contributed by atoms with Crippen LogP contribution in [0.2, 0.25) is 5.02 Å². The molecule has 0 aromatic heterocycles. The van der Waals surface area contributed by atoms with E-state index in [1.54, 1.807) is 34.9 Å². The Kier molecular flexibility index (Phi) is 6.47. The summed E-state index contributed by atoms with van der Waals surface area (Å²) in [5, 5.41) is 6.28. The van der Waals surface area contributed by atoms with Gasteiger partial charge in [-0.15, -0.1) is 11.8 Å². The fourth-order valence-electron chi connectivity index (χ4n) is 4.47. The molecule has 33 heavy (non-hydrogen) atoms. The average molecular weight is 486 g/mol. The normalized spacial score (nSPS) is 21.5. The summed E-state index contributed by atoms with van der Waals surface area (Å²) in [6, 6.07) is 13.3. The van der Waals surface area contributed by atoms with Gasteiger partial charge in [0.25, 0.3) is 5.91 Å². The standard InChI is InChI=1S/C25H28ClN3O3S/c1-14(2)19(21(30)27-13-15-9-11-16(26)12-10-15)28-22(31)20-25(3,4)33-24-18-8-6-5-7-17(18)23(32)29(20)24/h5-12,14,19-20,24H,13H2,1-4H3,(H,27,30)(H,28,31). The molecule has 0 radical (unpaired) electrons. The van der Waals surface area contributed by atoms with Crippen LogP contribution in [0.4, 0.5) is 0 Å². The summed E-state index contributed by atoms with van der Waals surface area (Å²) < 4.78 is -0.501. The summed E-state index contributed by atoms with van der Waals surface area (Å²) in [4.78, 5) is 41.3. The van der Waals surface area contributed by atoms with Gasteiger partial charge in [0.15, 0.2) is 0 Å². The van der Waals surface area contributed by atoms with Crippen molar-refractivity contribution >= 4 is 41.1 Å². The molecule has 1 fully saturated rings. The number of hydrogen-bond donors (Lipinski definition) is 2. The molecule has 3 amide bonds. The van der Waals surface area contributed by atoms with Crippen LogP contribution in [0.25, 0.3) is 0 Å². The van der Waals surface area contributed by atoms with E-state index in [1.165, 1.54) is 0 Å². The summed E-state index contributed by atoms with van der Waals surface area (Å²) in [5.74, 6) is -0.832. The van der Waals surface area contributed by atoms with Crippen LogP contribution in [0.15, 0.2) is 48.5 Å². The van der Waals surface area contributed by atoms with Gasteiger partial charge < -0.3 is 15.5 Å². The van der Waals surface area contributed by atoms with Crippen LogP contribution in [0.3, 0.4) is 0 Å². The van der Waals surface area contributed by atoms with Gasteiger partial charge in [0.2, 0.25) is 11.8 Å². The molecular formula is C25H28ClN3O3S. The fourth-order valence-corrected chi connectivity index (χ4v) is 6.19. The molecule has 0 spiro atoms. The number of amides is 3. The van der Waals surface area contributed by atoms with Gasteiger partial charge in [0.05, 0.1) is 0 Å². The Morgan fingerprint density at radius 3 is 2.45 bits per heavy atom. The number of rotatable bonds is 6. The van der Waals surface area contributed by atoms with Crippen LogP contribution in [0.1, 0.15) is 54.6 Å². The molecule has 8 heteroatoms. The first kappa shape index (κ1) is 23.6. The lowest BCUT2D eigenvalue weighted by molar-refractivity contribution is -0.132. The van der Waals surface area contributed by atoms with E-state index in [-0.39, 0.29) is 29.0 Å². The van der Waals surface area contributed by atoms with Gasteiger partial charge in [-0.25, -0.2) is 0 Å². The lowest BCUT2D eigenvalue weighted by atomic mass is 9.98. The number of nitrogens with one attached hydrogen (secondary N) is 2. The second-order valence-electron chi connectivity index (χ2n) is 9.35. The molecule has 0 bridgehead atoms. The zero-order valence-electron chi connectivity index (χ0n) is 19.1. The van der Waals surface area contributed by atoms with Gasteiger partial charge in [0, 0.05) is 21.9 Å². The van der Waals surface area contributed by atoms with E-state index in [0.29, 0.717) is 17.1 Å². The van der Waals surface area contributed by atoms with Crippen molar-refractivity contribution in [3.63, 3.8) is 0 Å². The van der Waals surface area contributed by atoms with Crippen LogP contribution in [-0.2, 0) is 16.1 Å². The van der Waals surface area contributed by atoms with E-state index in [1.807, 2.05) is 58.0 Å². The number of carbonyl (C=O) groups is 3. The zero-order valence-corrected chi connectivity index (χ0v) is 20.7. The van der Waals surface area contributed by atoms with Crippen molar-refractivity contribution in [2.45, 2.75) is 56.4 Å². The van der Waals surface area contributed by atoms with Crippen LogP contribution in [-0.4, -0.2) is 39.5 Å². The van der Waals surface area contributed by atoms with Gasteiger partial charge in [0.1, 0.15) is 17.5 Å². The maximum atomic E-state index is 13.5. The van der Waals surface area contributed by atoms with Gasteiger partial charge in [-0.1, -0.05) is 55.8 Å². The quantitative estimate of drug-likeness (QED) is 0.644. The van der Waals surface area contributed by atoms with Crippen molar-refractivity contribution in [2.24, 2.45) is 5.92 Å². The third-order valence-electron chi connectivity index (χ3n) is 6.17. The van der Waals surface area contributed by atoms with Crippen molar-refractivity contribution in [1.29, 1.82) is 0 Å². The smallest absolute Gasteiger partial charge is 0.256 e. The first-order valence-electron chi connectivity index (χ1n) is 11.0. The van der Waals surface area contributed by atoms with Crippen molar-refractivity contribution < 1.29 is 14.4 Å². The first-order valence-corrected chi connectivity index (χ1v) is 12.3. The molecule has 4 rings (SSSR count). The molecule has 2 aliphatic rings. The van der Waals surface area contributed by atoms with Gasteiger partial charge in [-0.05, 0) is 49.1 Å². The Balaban J connectivity index is 1.49. The highest BCUT2D eigenvalue weighted by atomic mass is 35.5. The number of halogens is 1. The molecule has 0 saturated carbocycles. The minimum Gasteiger partial charge on any atom is -0.350 e. The molecule has 1 saturated heterocycles. The SMILES string of the molecule is CC(C)C(NC(=O)C1N2C(=O)c3ccccc3C2SC1(C)C)C(=O)NCc1ccc(Cl)cc1. The van der Waals surface area contributed by atoms with E-state index in [4.69, 9.17) is 11.6 Å². The Labute approximate surface area is 203 Å². The van der Waals surface area contributed by atoms with Crippen molar-refractivity contribution in [3.05, 3.63) is 70.2 Å². The maximum absolute atomic E-state index is 13.5. The summed E-state index contributed by atoms with van der Waals surface area (Å²) in [6.07, 6.45) is 0. The summed E-state index contributed by atoms with van der Waals surface area (Å²) in [6.45, 7) is 8.06. The molecule has 0 aliphatic carbocycles. The molecule has 2 N–H and O–H groups in total. The number of nitrogens with zero attached hydrogens (tertiary/aromatic N) is 1. The molecule has 6 nitrogen and oxygen atoms in total. The van der Waals surface area contributed by atoms with Crippen molar-refractivity contribution in [1.82, 2.24) is 15.5 Å². The summed E-state index contributed by atoms with van der Waals surface area (Å²) in [5.41, 5.74) is 2.50. The number of benzene rings is 2. The molecule has 3 unspecified atom stereocenters. The monoisotopic (exact) mass is 485 g/mol. The number of carbonyl (C=O) groups excluding carboxylic acids is 3. The third-order valence-corrected chi connectivity index (χ3v) is 7.96. The predicted molar refractivity (Wildman–Crippen MR) is 131 cm³/mol. The van der Waals surface area contributed by atoms with E-state index >= 15 is 0 Å². The Morgan fingerprint density at radius 1 is 1.12 bits per heavy atom. The second-order valence-corrected chi connectivity index (χ2v) is 11.5. The van der Waals surface area contributed by atoms with Crippen LogP contribution in [0, 0.1) is 5.92 Å². The van der Waals surface area contributed by atoms with Gasteiger partial charge >= 0.3 is 0 Å². The van der Waals surface area contributed by atoms with Crippen molar-refractivity contribution in [2.75, 3.05) is 0 Å². The minimum atomic E-state index is -0.718. The molecule has 2 aromatic carbocycles. The van der Waals surface area contributed by atoms with Gasteiger partial charge in [-0.3, -0.25) is 14.4 Å². The summed E-state index contributed by atoms with van der Waals surface area (Å²) in [7, 11) is 0. The van der Waals surface area contributed by atoms with Crippen LogP contribution in [0.5, 0.6) is 0 Å². The third kappa shape index (κ3) is 4.49.